The molecule has 0 amide bonds. The van der Waals surface area contributed by atoms with Crippen molar-refractivity contribution in [2.45, 2.75) is 38.2 Å². The van der Waals surface area contributed by atoms with Gasteiger partial charge < -0.3 is 10.1 Å². The molecule has 1 aliphatic rings. The van der Waals surface area contributed by atoms with Crippen molar-refractivity contribution < 1.29 is 4.74 Å². The van der Waals surface area contributed by atoms with Crippen LogP contribution in [0.25, 0.3) is 0 Å². The van der Waals surface area contributed by atoms with Crippen LogP contribution in [-0.2, 0) is 4.74 Å². The number of alkyl halides is 1. The van der Waals surface area contributed by atoms with Gasteiger partial charge >= 0.3 is 0 Å². The Labute approximate surface area is 94.9 Å². The minimum atomic E-state index is 0.575. The number of rotatable bonds is 7. The second-order valence-electron chi connectivity index (χ2n) is 3.57. The maximum absolute atomic E-state index is 5.55. The molecule has 1 heterocycles. The monoisotopic (exact) mass is 297 g/mol. The Hall–Kier alpha value is 0.650. The highest BCUT2D eigenvalue weighted by Crippen LogP contribution is 2.16. The van der Waals surface area contributed by atoms with E-state index in [0.29, 0.717) is 6.10 Å². The fraction of sp³-hybridized carbons (Fsp3) is 1.00. The van der Waals surface area contributed by atoms with E-state index in [4.69, 9.17) is 4.74 Å². The summed E-state index contributed by atoms with van der Waals surface area (Å²) < 4.78 is 6.81. The van der Waals surface area contributed by atoms with Gasteiger partial charge in [0.05, 0.1) is 6.10 Å². The van der Waals surface area contributed by atoms with Gasteiger partial charge in [0.15, 0.2) is 0 Å². The number of hydrogen-bond donors (Lipinski definition) is 1. The van der Waals surface area contributed by atoms with Crippen LogP contribution in [-0.4, -0.2) is 30.2 Å². The molecular weight excluding hydrogens is 277 g/mol. The largest absolute Gasteiger partial charge is 0.378 e. The molecule has 0 aromatic rings. The average Bonchev–Trinajstić information content (AvgIpc) is 2.63. The maximum atomic E-state index is 5.55. The summed E-state index contributed by atoms with van der Waals surface area (Å²) >= 11 is 2.42. The predicted molar refractivity (Wildman–Crippen MR) is 64.6 cm³/mol. The number of nitrogens with one attached hydrogen (secondary N) is 1. The van der Waals surface area contributed by atoms with Gasteiger partial charge in [0.1, 0.15) is 0 Å². The Kier molecular flexibility index (Phi) is 7.21. The second-order valence-corrected chi connectivity index (χ2v) is 4.65. The minimum Gasteiger partial charge on any atom is -0.378 e. The summed E-state index contributed by atoms with van der Waals surface area (Å²) in [6, 6.07) is 0. The molecule has 1 aliphatic heterocycles. The van der Waals surface area contributed by atoms with Gasteiger partial charge in [-0.2, -0.15) is 0 Å². The van der Waals surface area contributed by atoms with E-state index >= 15 is 0 Å². The molecule has 0 bridgehead atoms. The third-order valence-electron chi connectivity index (χ3n) is 2.39. The maximum Gasteiger partial charge on any atom is 0.0576 e. The van der Waals surface area contributed by atoms with Crippen molar-refractivity contribution in [1.82, 2.24) is 5.32 Å². The van der Waals surface area contributed by atoms with Gasteiger partial charge in [-0.3, -0.25) is 0 Å². The van der Waals surface area contributed by atoms with Crippen LogP contribution in [0.4, 0.5) is 0 Å². The van der Waals surface area contributed by atoms with Crippen molar-refractivity contribution >= 4 is 22.6 Å². The quantitative estimate of drug-likeness (QED) is 0.442. The molecule has 0 spiro atoms. The summed E-state index contributed by atoms with van der Waals surface area (Å²) in [6.45, 7) is 3.33. The van der Waals surface area contributed by atoms with E-state index in [1.54, 1.807) is 0 Å². The van der Waals surface area contributed by atoms with Gasteiger partial charge in [-0.25, -0.2) is 0 Å². The van der Waals surface area contributed by atoms with Crippen molar-refractivity contribution in [2.75, 3.05) is 24.1 Å². The lowest BCUT2D eigenvalue weighted by Crippen LogP contribution is -2.18. The van der Waals surface area contributed by atoms with Gasteiger partial charge in [0, 0.05) is 11.0 Å². The Bertz CT molecular complexity index is 115. The van der Waals surface area contributed by atoms with E-state index in [0.717, 1.165) is 13.2 Å². The molecule has 3 heteroatoms. The van der Waals surface area contributed by atoms with E-state index in [-0.39, 0.29) is 0 Å². The molecule has 1 rings (SSSR count). The molecule has 1 fully saturated rings. The zero-order valence-electron chi connectivity index (χ0n) is 8.23. The van der Waals surface area contributed by atoms with Gasteiger partial charge in [-0.1, -0.05) is 22.6 Å². The summed E-state index contributed by atoms with van der Waals surface area (Å²) in [5, 5.41) is 3.45. The van der Waals surface area contributed by atoms with E-state index in [1.165, 1.54) is 43.1 Å². The van der Waals surface area contributed by atoms with Gasteiger partial charge in [-0.05, 0) is 45.2 Å². The first-order chi connectivity index (χ1) is 6.43. The van der Waals surface area contributed by atoms with E-state index in [1.807, 2.05) is 0 Å². The molecule has 0 aromatic carbocycles. The van der Waals surface area contributed by atoms with Crippen molar-refractivity contribution in [2.24, 2.45) is 0 Å². The van der Waals surface area contributed by atoms with Crippen molar-refractivity contribution in [1.29, 1.82) is 0 Å². The molecule has 0 radical (unpaired) electrons. The van der Waals surface area contributed by atoms with E-state index in [2.05, 4.69) is 27.9 Å². The SMILES string of the molecule is ICCCNCCCC1CCCO1. The molecule has 1 saturated heterocycles. The van der Waals surface area contributed by atoms with E-state index < -0.39 is 0 Å². The summed E-state index contributed by atoms with van der Waals surface area (Å²) in [6.07, 6.45) is 6.94. The molecule has 13 heavy (non-hydrogen) atoms. The Morgan fingerprint density at radius 3 is 2.85 bits per heavy atom. The minimum absolute atomic E-state index is 0.575. The first-order valence-corrected chi connectivity index (χ1v) is 6.84. The molecule has 0 saturated carbocycles. The zero-order valence-corrected chi connectivity index (χ0v) is 10.4. The normalized spacial score (nSPS) is 22.4. The topological polar surface area (TPSA) is 21.3 Å². The van der Waals surface area contributed by atoms with Gasteiger partial charge in [0.2, 0.25) is 0 Å². The predicted octanol–water partition coefficient (Wildman–Crippen LogP) is 2.36. The number of hydrogen-bond acceptors (Lipinski definition) is 2. The molecule has 78 valence electrons. The Morgan fingerprint density at radius 2 is 2.15 bits per heavy atom. The zero-order chi connectivity index (χ0) is 9.36. The van der Waals surface area contributed by atoms with Crippen molar-refractivity contribution in [3.8, 4) is 0 Å². The molecular formula is C10H20INO. The summed E-state index contributed by atoms with van der Waals surface area (Å²) in [4.78, 5) is 0. The van der Waals surface area contributed by atoms with Crippen LogP contribution in [0, 0.1) is 0 Å². The molecule has 2 nitrogen and oxygen atoms in total. The van der Waals surface area contributed by atoms with Crippen LogP contribution in [0.5, 0.6) is 0 Å². The fourth-order valence-corrected chi connectivity index (χ4v) is 2.02. The third kappa shape index (κ3) is 5.86. The van der Waals surface area contributed by atoms with Crippen LogP contribution < -0.4 is 5.32 Å². The standard InChI is InChI=1S/C10H20INO/c11-6-3-8-12-7-1-4-10-5-2-9-13-10/h10,12H,1-9H2. The van der Waals surface area contributed by atoms with Crippen molar-refractivity contribution in [3.05, 3.63) is 0 Å². The van der Waals surface area contributed by atoms with Gasteiger partial charge in [0.25, 0.3) is 0 Å². The summed E-state index contributed by atoms with van der Waals surface area (Å²) in [7, 11) is 0. The molecule has 0 aliphatic carbocycles. The smallest absolute Gasteiger partial charge is 0.0576 e. The molecule has 0 aromatic heterocycles. The lowest BCUT2D eigenvalue weighted by Gasteiger charge is -2.08. The molecule has 1 unspecified atom stereocenters. The highest BCUT2D eigenvalue weighted by Gasteiger charge is 2.13. The second kappa shape index (κ2) is 8.00. The lowest BCUT2D eigenvalue weighted by molar-refractivity contribution is 0.102. The fourth-order valence-electron chi connectivity index (χ4n) is 1.64. The van der Waals surface area contributed by atoms with Crippen LogP contribution >= 0.6 is 22.6 Å². The first-order valence-electron chi connectivity index (χ1n) is 5.32. The van der Waals surface area contributed by atoms with Crippen LogP contribution in [0.3, 0.4) is 0 Å². The molecule has 1 N–H and O–H groups in total. The van der Waals surface area contributed by atoms with E-state index in [9.17, 15) is 0 Å². The number of halogens is 1. The Balaban J connectivity index is 1.78. The first kappa shape index (κ1) is 11.7. The highest BCUT2D eigenvalue weighted by atomic mass is 127. The Morgan fingerprint density at radius 1 is 1.31 bits per heavy atom. The average molecular weight is 297 g/mol. The van der Waals surface area contributed by atoms with Crippen LogP contribution in [0.1, 0.15) is 32.1 Å². The lowest BCUT2D eigenvalue weighted by atomic mass is 10.1. The van der Waals surface area contributed by atoms with Crippen molar-refractivity contribution in [3.63, 3.8) is 0 Å². The number of ether oxygens (including phenoxy) is 1. The third-order valence-corrected chi connectivity index (χ3v) is 3.15. The van der Waals surface area contributed by atoms with Crippen LogP contribution in [0.2, 0.25) is 0 Å². The molecule has 1 atom stereocenters. The summed E-state index contributed by atoms with van der Waals surface area (Å²) in [5.41, 5.74) is 0. The summed E-state index contributed by atoms with van der Waals surface area (Å²) in [5.74, 6) is 0. The highest BCUT2D eigenvalue weighted by molar-refractivity contribution is 14.1. The van der Waals surface area contributed by atoms with Crippen LogP contribution in [0.15, 0.2) is 0 Å². The van der Waals surface area contributed by atoms with Gasteiger partial charge in [-0.15, -0.1) is 0 Å².